The number of nitrogens with zero attached hydrogens (tertiary/aromatic N) is 3. The van der Waals surface area contributed by atoms with E-state index in [2.05, 4.69) is 41.1 Å². The summed E-state index contributed by atoms with van der Waals surface area (Å²) in [6.45, 7) is 6.19. The molecule has 5 heteroatoms. The first-order valence-electron chi connectivity index (χ1n) is 8.83. The molecule has 1 aliphatic carbocycles. The first kappa shape index (κ1) is 17.5. The summed E-state index contributed by atoms with van der Waals surface area (Å²) < 4.78 is 5.43. The van der Waals surface area contributed by atoms with Crippen molar-refractivity contribution >= 4 is 5.96 Å². The van der Waals surface area contributed by atoms with Crippen LogP contribution in [0.3, 0.4) is 0 Å². The van der Waals surface area contributed by atoms with Crippen LogP contribution in [-0.2, 0) is 4.74 Å². The fourth-order valence-electron chi connectivity index (χ4n) is 3.13. The van der Waals surface area contributed by atoms with E-state index in [4.69, 9.17) is 4.74 Å². The standard InChI is InChI=1S/C17H34N4O/c1-14(21(4)16-5-6-16)13-19-17(18-2)20(3)10-7-15-8-11-22-12-9-15/h14-16H,5-13H2,1-4H3,(H,18,19). The van der Waals surface area contributed by atoms with Gasteiger partial charge in [-0.15, -0.1) is 0 Å². The molecule has 0 radical (unpaired) electrons. The first-order chi connectivity index (χ1) is 10.6. The molecule has 1 atom stereocenters. The van der Waals surface area contributed by atoms with Crippen molar-refractivity contribution in [2.24, 2.45) is 10.9 Å². The summed E-state index contributed by atoms with van der Waals surface area (Å²) in [4.78, 5) is 9.18. The van der Waals surface area contributed by atoms with Crippen molar-refractivity contribution in [3.8, 4) is 0 Å². The number of ether oxygens (including phenoxy) is 1. The van der Waals surface area contributed by atoms with Crippen molar-refractivity contribution in [1.29, 1.82) is 0 Å². The molecule has 1 heterocycles. The molecule has 1 N–H and O–H groups in total. The van der Waals surface area contributed by atoms with Gasteiger partial charge in [-0.3, -0.25) is 9.89 Å². The molecule has 2 rings (SSSR count). The van der Waals surface area contributed by atoms with Gasteiger partial charge in [-0.05, 0) is 52.0 Å². The Kier molecular flexibility index (Phi) is 6.96. The van der Waals surface area contributed by atoms with Crippen LogP contribution in [0.1, 0.15) is 39.0 Å². The van der Waals surface area contributed by atoms with E-state index in [0.717, 1.165) is 44.2 Å². The number of aliphatic imine (C=N–C) groups is 1. The highest BCUT2D eigenvalue weighted by Gasteiger charge is 2.29. The second kappa shape index (κ2) is 8.73. The second-order valence-corrected chi connectivity index (χ2v) is 6.94. The normalized spacial score (nSPS) is 22.0. The van der Waals surface area contributed by atoms with E-state index in [1.807, 2.05) is 7.05 Å². The Bertz CT molecular complexity index is 351. The van der Waals surface area contributed by atoms with Gasteiger partial charge in [0.25, 0.3) is 0 Å². The monoisotopic (exact) mass is 310 g/mol. The number of guanidine groups is 1. The molecule has 1 saturated heterocycles. The van der Waals surface area contributed by atoms with Gasteiger partial charge in [0, 0.05) is 52.5 Å². The Morgan fingerprint density at radius 3 is 2.50 bits per heavy atom. The van der Waals surface area contributed by atoms with Gasteiger partial charge in [0.2, 0.25) is 0 Å². The minimum Gasteiger partial charge on any atom is -0.381 e. The van der Waals surface area contributed by atoms with Crippen LogP contribution >= 0.6 is 0 Å². The van der Waals surface area contributed by atoms with Crippen molar-refractivity contribution in [1.82, 2.24) is 15.1 Å². The Hall–Kier alpha value is -0.810. The quantitative estimate of drug-likeness (QED) is 0.575. The molecule has 2 aliphatic rings. The van der Waals surface area contributed by atoms with Crippen molar-refractivity contribution < 1.29 is 4.74 Å². The van der Waals surface area contributed by atoms with Crippen molar-refractivity contribution in [3.63, 3.8) is 0 Å². The van der Waals surface area contributed by atoms with Gasteiger partial charge >= 0.3 is 0 Å². The van der Waals surface area contributed by atoms with E-state index < -0.39 is 0 Å². The van der Waals surface area contributed by atoms with Crippen molar-refractivity contribution in [2.75, 3.05) is 47.4 Å². The maximum atomic E-state index is 5.43. The lowest BCUT2D eigenvalue weighted by Crippen LogP contribution is -2.46. The fourth-order valence-corrected chi connectivity index (χ4v) is 3.13. The van der Waals surface area contributed by atoms with E-state index >= 15 is 0 Å². The van der Waals surface area contributed by atoms with Crippen LogP contribution in [-0.4, -0.2) is 75.3 Å². The van der Waals surface area contributed by atoms with Gasteiger partial charge in [-0.1, -0.05) is 0 Å². The van der Waals surface area contributed by atoms with E-state index in [0.29, 0.717) is 6.04 Å². The zero-order valence-electron chi connectivity index (χ0n) is 14.8. The third kappa shape index (κ3) is 5.43. The van der Waals surface area contributed by atoms with Gasteiger partial charge < -0.3 is 15.0 Å². The lowest BCUT2D eigenvalue weighted by molar-refractivity contribution is 0.0625. The number of rotatable bonds is 7. The van der Waals surface area contributed by atoms with Crippen LogP contribution in [0, 0.1) is 5.92 Å². The Labute approximate surface area is 136 Å². The summed E-state index contributed by atoms with van der Waals surface area (Å²) in [6.07, 6.45) is 6.38. The molecule has 0 aromatic heterocycles. The summed E-state index contributed by atoms with van der Waals surface area (Å²) in [5.74, 6) is 1.83. The van der Waals surface area contributed by atoms with Crippen molar-refractivity contribution in [3.05, 3.63) is 0 Å². The van der Waals surface area contributed by atoms with E-state index in [-0.39, 0.29) is 0 Å². The molecular formula is C17H34N4O. The highest BCUT2D eigenvalue weighted by molar-refractivity contribution is 5.79. The van der Waals surface area contributed by atoms with Crippen LogP contribution in [0.5, 0.6) is 0 Å². The second-order valence-electron chi connectivity index (χ2n) is 6.94. The molecule has 22 heavy (non-hydrogen) atoms. The minimum absolute atomic E-state index is 0.549. The summed E-state index contributed by atoms with van der Waals surface area (Å²) >= 11 is 0. The van der Waals surface area contributed by atoms with Crippen LogP contribution < -0.4 is 5.32 Å². The first-order valence-corrected chi connectivity index (χ1v) is 8.83. The van der Waals surface area contributed by atoms with Gasteiger partial charge in [-0.2, -0.15) is 0 Å². The highest BCUT2D eigenvalue weighted by Crippen LogP contribution is 2.26. The average molecular weight is 310 g/mol. The van der Waals surface area contributed by atoms with E-state index in [9.17, 15) is 0 Å². The van der Waals surface area contributed by atoms with Gasteiger partial charge in [0.1, 0.15) is 0 Å². The highest BCUT2D eigenvalue weighted by atomic mass is 16.5. The maximum Gasteiger partial charge on any atom is 0.193 e. The predicted molar refractivity (Wildman–Crippen MR) is 92.4 cm³/mol. The van der Waals surface area contributed by atoms with Crippen LogP contribution in [0.4, 0.5) is 0 Å². The van der Waals surface area contributed by atoms with Crippen LogP contribution in [0.25, 0.3) is 0 Å². The van der Waals surface area contributed by atoms with E-state index in [1.54, 1.807) is 0 Å². The third-order valence-electron chi connectivity index (χ3n) is 5.16. The maximum absolute atomic E-state index is 5.43. The zero-order valence-corrected chi connectivity index (χ0v) is 14.8. The average Bonchev–Trinajstić information content (AvgIpc) is 3.38. The van der Waals surface area contributed by atoms with Gasteiger partial charge in [-0.25, -0.2) is 0 Å². The Morgan fingerprint density at radius 1 is 1.23 bits per heavy atom. The summed E-state index contributed by atoms with van der Waals surface area (Å²) in [6, 6.07) is 1.36. The fraction of sp³-hybridized carbons (Fsp3) is 0.941. The zero-order chi connectivity index (χ0) is 15.9. The molecule has 0 amide bonds. The van der Waals surface area contributed by atoms with Crippen LogP contribution in [0.15, 0.2) is 4.99 Å². The van der Waals surface area contributed by atoms with Crippen LogP contribution in [0.2, 0.25) is 0 Å². The molecule has 2 fully saturated rings. The predicted octanol–water partition coefficient (Wildman–Crippen LogP) is 1.79. The summed E-state index contributed by atoms with van der Waals surface area (Å²) in [7, 11) is 6.26. The van der Waals surface area contributed by atoms with Crippen molar-refractivity contribution in [2.45, 2.75) is 51.1 Å². The number of hydrogen-bond donors (Lipinski definition) is 1. The Balaban J connectivity index is 1.68. The molecular weight excluding hydrogens is 276 g/mol. The molecule has 0 aromatic rings. The molecule has 0 bridgehead atoms. The lowest BCUT2D eigenvalue weighted by atomic mass is 9.96. The largest absolute Gasteiger partial charge is 0.381 e. The van der Waals surface area contributed by atoms with E-state index in [1.165, 1.54) is 32.1 Å². The number of nitrogens with one attached hydrogen (secondary N) is 1. The molecule has 128 valence electrons. The molecule has 1 saturated carbocycles. The lowest BCUT2D eigenvalue weighted by Gasteiger charge is -2.29. The smallest absolute Gasteiger partial charge is 0.193 e. The molecule has 1 unspecified atom stereocenters. The Morgan fingerprint density at radius 2 is 1.91 bits per heavy atom. The number of hydrogen-bond acceptors (Lipinski definition) is 3. The minimum atomic E-state index is 0.549. The van der Waals surface area contributed by atoms with Gasteiger partial charge in [0.05, 0.1) is 0 Å². The third-order valence-corrected chi connectivity index (χ3v) is 5.16. The topological polar surface area (TPSA) is 40.1 Å². The molecule has 0 spiro atoms. The summed E-state index contributed by atoms with van der Waals surface area (Å²) in [5, 5.41) is 3.53. The summed E-state index contributed by atoms with van der Waals surface area (Å²) in [5.41, 5.74) is 0. The SMILES string of the molecule is CN=C(NCC(C)N(C)C1CC1)N(C)CCC1CCOCC1. The molecule has 0 aromatic carbocycles. The molecule has 1 aliphatic heterocycles. The molecule has 5 nitrogen and oxygen atoms in total. The number of likely N-dealkylation sites (N-methyl/N-ethyl adjacent to an activating group) is 1. The van der Waals surface area contributed by atoms with Gasteiger partial charge in [0.15, 0.2) is 5.96 Å².